The van der Waals surface area contributed by atoms with Crippen LogP contribution in [0.1, 0.15) is 16.5 Å². The molecule has 0 amide bonds. The summed E-state index contributed by atoms with van der Waals surface area (Å²) in [5.41, 5.74) is -0.487. The van der Waals surface area contributed by atoms with Gasteiger partial charge in [-0.1, -0.05) is 12.1 Å². The van der Waals surface area contributed by atoms with Crippen LogP contribution in [0.3, 0.4) is 0 Å². The van der Waals surface area contributed by atoms with Crippen LogP contribution in [0.15, 0.2) is 24.3 Å². The monoisotopic (exact) mass is 269 g/mol. The van der Waals surface area contributed by atoms with Gasteiger partial charge in [0.15, 0.2) is 0 Å². The molecular weight excluding hydrogens is 265 g/mol. The van der Waals surface area contributed by atoms with Crippen molar-refractivity contribution in [1.82, 2.24) is 0 Å². The van der Waals surface area contributed by atoms with Gasteiger partial charge in [-0.05, 0) is 17.7 Å². The smallest absolute Gasteiger partial charge is 0.194 e. The third kappa shape index (κ3) is 2.67. The maximum absolute atomic E-state index is 12.9. The molecule has 7 heteroatoms. The van der Waals surface area contributed by atoms with Gasteiger partial charge in [-0.3, -0.25) is 0 Å². The third-order valence-electron chi connectivity index (χ3n) is 2.00. The fourth-order valence-corrected chi connectivity index (χ4v) is 1.38. The number of rotatable bonds is 2. The van der Waals surface area contributed by atoms with Crippen molar-refractivity contribution in [3.63, 3.8) is 0 Å². The zero-order valence-corrected chi connectivity index (χ0v) is 8.86. The number of nitrogens with zero attached hydrogens (tertiary/aromatic N) is 1. The number of hydrogen-bond acceptors (Lipinski definition) is 1. The molecule has 0 aliphatic heterocycles. The zero-order chi connectivity index (χ0) is 13.3. The molecular formula is C10H5ClF5N. The first-order chi connectivity index (χ1) is 7.70. The summed E-state index contributed by atoms with van der Waals surface area (Å²) in [6.45, 7) is 0. The maximum atomic E-state index is 12.9. The molecule has 0 saturated heterocycles. The predicted octanol–water partition coefficient (Wildman–Crippen LogP) is 4.04. The molecule has 0 saturated carbocycles. The largest absolute Gasteiger partial charge is 0.455 e. The maximum Gasteiger partial charge on any atom is 0.455 e. The Morgan fingerprint density at radius 2 is 1.76 bits per heavy atom. The topological polar surface area (TPSA) is 23.8 Å². The summed E-state index contributed by atoms with van der Waals surface area (Å²) in [5.74, 6) is -5.05. The van der Waals surface area contributed by atoms with E-state index in [2.05, 4.69) is 0 Å². The average molecular weight is 270 g/mol. The van der Waals surface area contributed by atoms with Crippen molar-refractivity contribution in [2.24, 2.45) is 0 Å². The lowest BCUT2D eigenvalue weighted by Crippen LogP contribution is -2.40. The number of alkyl halides is 6. The van der Waals surface area contributed by atoms with E-state index >= 15 is 0 Å². The first kappa shape index (κ1) is 13.7. The number of benzene rings is 1. The van der Waals surface area contributed by atoms with Gasteiger partial charge in [0.25, 0.3) is 0 Å². The fraction of sp³-hybridized carbons (Fsp3) is 0.300. The van der Waals surface area contributed by atoms with Crippen LogP contribution in [-0.4, -0.2) is 12.1 Å². The Hall–Kier alpha value is -1.35. The van der Waals surface area contributed by atoms with Gasteiger partial charge in [0.2, 0.25) is 0 Å². The summed E-state index contributed by atoms with van der Waals surface area (Å²) in [7, 11) is 0. The van der Waals surface area contributed by atoms with Crippen LogP contribution < -0.4 is 0 Å². The molecule has 0 N–H and O–H groups in total. The van der Waals surface area contributed by atoms with E-state index < -0.39 is 23.0 Å². The lowest BCUT2D eigenvalue weighted by molar-refractivity contribution is -0.283. The second kappa shape index (κ2) is 4.49. The van der Waals surface area contributed by atoms with E-state index in [1.807, 2.05) is 0 Å². The highest BCUT2D eigenvalue weighted by Gasteiger charge is 2.62. The van der Waals surface area contributed by atoms with Crippen molar-refractivity contribution >= 4 is 11.6 Å². The summed E-state index contributed by atoms with van der Waals surface area (Å²) in [5, 5.41) is 5.94. The molecule has 0 aromatic heterocycles. The highest BCUT2D eigenvalue weighted by Crippen LogP contribution is 2.47. The quantitative estimate of drug-likeness (QED) is 0.587. The molecule has 0 fully saturated rings. The van der Waals surface area contributed by atoms with Crippen LogP contribution >= 0.6 is 11.6 Å². The van der Waals surface area contributed by atoms with Gasteiger partial charge >= 0.3 is 12.1 Å². The highest BCUT2D eigenvalue weighted by molar-refractivity contribution is 6.21. The Bertz CT molecular complexity index is 449. The van der Waals surface area contributed by atoms with Crippen molar-refractivity contribution in [2.75, 3.05) is 0 Å². The number of halogens is 6. The zero-order valence-electron chi connectivity index (χ0n) is 8.10. The van der Waals surface area contributed by atoms with E-state index in [4.69, 9.17) is 16.9 Å². The van der Waals surface area contributed by atoms with Crippen molar-refractivity contribution in [1.29, 1.82) is 5.26 Å². The van der Waals surface area contributed by atoms with Gasteiger partial charge in [-0.2, -0.15) is 27.2 Å². The summed E-state index contributed by atoms with van der Waals surface area (Å²) < 4.78 is 62.0. The van der Waals surface area contributed by atoms with E-state index in [0.717, 1.165) is 12.1 Å². The lowest BCUT2D eigenvalue weighted by atomic mass is 10.0. The second-order valence-electron chi connectivity index (χ2n) is 3.22. The van der Waals surface area contributed by atoms with E-state index in [9.17, 15) is 22.0 Å². The second-order valence-corrected chi connectivity index (χ2v) is 3.66. The Morgan fingerprint density at radius 1 is 1.18 bits per heavy atom. The molecule has 0 aliphatic rings. The predicted molar refractivity (Wildman–Crippen MR) is 50.8 cm³/mol. The Balaban J connectivity index is 3.13. The number of hydrogen-bond donors (Lipinski definition) is 0. The van der Waals surface area contributed by atoms with E-state index in [1.54, 1.807) is 6.07 Å². The third-order valence-corrected chi connectivity index (χ3v) is 2.53. The average Bonchev–Trinajstić information content (AvgIpc) is 2.26. The molecule has 1 rings (SSSR count). The van der Waals surface area contributed by atoms with Crippen molar-refractivity contribution < 1.29 is 22.0 Å². The summed E-state index contributed by atoms with van der Waals surface area (Å²) in [6.07, 6.45) is -5.73. The van der Waals surface area contributed by atoms with Gasteiger partial charge in [-0.15, -0.1) is 11.6 Å². The minimum atomic E-state index is -5.73. The summed E-state index contributed by atoms with van der Waals surface area (Å²) in [4.78, 5) is 0. The standard InChI is InChI=1S/C10H5ClF5N/c11-8(9(12,13)10(14,15)16)7-3-1-2-6(4-7)5-17/h1-4,8H. The molecule has 0 radical (unpaired) electrons. The normalized spacial score (nSPS) is 14.2. The van der Waals surface area contributed by atoms with Crippen LogP contribution in [0, 0.1) is 11.3 Å². The molecule has 0 aliphatic carbocycles. The van der Waals surface area contributed by atoms with Crippen molar-refractivity contribution in [3.05, 3.63) is 35.4 Å². The Morgan fingerprint density at radius 3 is 2.24 bits per heavy atom. The first-order valence-electron chi connectivity index (χ1n) is 4.29. The summed E-state index contributed by atoms with van der Waals surface area (Å²) >= 11 is 5.13. The van der Waals surface area contributed by atoms with Crippen molar-refractivity contribution in [2.45, 2.75) is 17.5 Å². The Kier molecular flexibility index (Phi) is 3.62. The Labute approximate surface area is 98.4 Å². The lowest BCUT2D eigenvalue weighted by Gasteiger charge is -2.24. The molecule has 17 heavy (non-hydrogen) atoms. The SMILES string of the molecule is N#Cc1cccc(C(Cl)C(F)(F)C(F)(F)F)c1. The van der Waals surface area contributed by atoms with Crippen molar-refractivity contribution in [3.8, 4) is 6.07 Å². The van der Waals surface area contributed by atoms with Crippen LogP contribution in [0.5, 0.6) is 0 Å². The van der Waals surface area contributed by atoms with Crippen LogP contribution in [0.25, 0.3) is 0 Å². The van der Waals surface area contributed by atoms with E-state index in [1.165, 1.54) is 12.1 Å². The molecule has 0 heterocycles. The molecule has 0 bridgehead atoms. The minimum absolute atomic E-state index is 0.0360. The van der Waals surface area contributed by atoms with Crippen LogP contribution in [0.2, 0.25) is 0 Å². The molecule has 1 nitrogen and oxygen atoms in total. The first-order valence-corrected chi connectivity index (χ1v) is 4.72. The minimum Gasteiger partial charge on any atom is -0.194 e. The van der Waals surface area contributed by atoms with Crippen LogP contribution in [0.4, 0.5) is 22.0 Å². The van der Waals surface area contributed by atoms with E-state index in [-0.39, 0.29) is 5.56 Å². The van der Waals surface area contributed by atoms with Gasteiger partial charge in [0.05, 0.1) is 11.6 Å². The molecule has 1 unspecified atom stereocenters. The van der Waals surface area contributed by atoms with E-state index in [0.29, 0.717) is 0 Å². The van der Waals surface area contributed by atoms with Gasteiger partial charge in [0.1, 0.15) is 5.38 Å². The number of nitriles is 1. The van der Waals surface area contributed by atoms with Crippen LogP contribution in [-0.2, 0) is 0 Å². The van der Waals surface area contributed by atoms with Gasteiger partial charge in [-0.25, -0.2) is 0 Å². The molecule has 92 valence electrons. The highest BCUT2D eigenvalue weighted by atomic mass is 35.5. The molecule has 1 atom stereocenters. The van der Waals surface area contributed by atoms with Gasteiger partial charge < -0.3 is 0 Å². The fourth-order valence-electron chi connectivity index (χ4n) is 1.12. The molecule has 1 aromatic rings. The summed E-state index contributed by atoms with van der Waals surface area (Å²) in [6, 6.07) is 6.01. The van der Waals surface area contributed by atoms with Gasteiger partial charge in [0, 0.05) is 0 Å². The molecule has 0 spiro atoms. The molecule has 1 aromatic carbocycles.